The lowest BCUT2D eigenvalue weighted by atomic mass is 10.1. The molecule has 1 aromatic heterocycles. The van der Waals surface area contributed by atoms with Crippen LogP contribution in [0.2, 0.25) is 0 Å². The molecule has 1 aliphatic heterocycles. The van der Waals surface area contributed by atoms with Gasteiger partial charge in [0.25, 0.3) is 5.56 Å². The van der Waals surface area contributed by atoms with Gasteiger partial charge in [0.05, 0.1) is 16.9 Å². The Kier molecular flexibility index (Phi) is 4.53. The number of carbonyl (C=O) groups excluding carboxylic acids is 1. The number of carboxylic acid groups (broad SMARTS) is 1. The SMILES string of the molecule is CN(C(=O)Cn1nc(C(=O)O)c2ccccc2c1=O)[C@H]1CCS(=O)(=O)C1. The van der Waals surface area contributed by atoms with E-state index in [9.17, 15) is 27.9 Å². The van der Waals surface area contributed by atoms with Crippen molar-refractivity contribution in [1.82, 2.24) is 14.7 Å². The lowest BCUT2D eigenvalue weighted by Crippen LogP contribution is -2.42. The van der Waals surface area contributed by atoms with E-state index in [0.29, 0.717) is 6.42 Å². The maximum atomic E-state index is 12.5. The summed E-state index contributed by atoms with van der Waals surface area (Å²) in [7, 11) is -1.69. The molecule has 0 unspecified atom stereocenters. The number of rotatable bonds is 4. The van der Waals surface area contributed by atoms with Crippen LogP contribution < -0.4 is 5.56 Å². The van der Waals surface area contributed by atoms with Crippen molar-refractivity contribution in [2.24, 2.45) is 0 Å². The van der Waals surface area contributed by atoms with Crippen LogP contribution in [-0.2, 0) is 21.2 Å². The number of sulfone groups is 1. The maximum absolute atomic E-state index is 12.5. The molecule has 1 amide bonds. The van der Waals surface area contributed by atoms with Crippen molar-refractivity contribution in [3.63, 3.8) is 0 Å². The molecule has 1 aliphatic rings. The van der Waals surface area contributed by atoms with E-state index >= 15 is 0 Å². The highest BCUT2D eigenvalue weighted by atomic mass is 32.2. The van der Waals surface area contributed by atoms with Crippen LogP contribution in [0.3, 0.4) is 0 Å². The average Bonchev–Trinajstić information content (AvgIpc) is 2.96. The quantitative estimate of drug-likeness (QED) is 0.775. The van der Waals surface area contributed by atoms with Gasteiger partial charge in [-0.25, -0.2) is 17.9 Å². The number of likely N-dealkylation sites (N-methyl/N-ethyl adjacent to an activating group) is 1. The second-order valence-corrected chi connectivity index (χ2v) is 8.45. The van der Waals surface area contributed by atoms with E-state index in [1.54, 1.807) is 12.1 Å². The minimum absolute atomic E-state index is 0.0205. The predicted molar refractivity (Wildman–Crippen MR) is 92.8 cm³/mol. The van der Waals surface area contributed by atoms with Gasteiger partial charge < -0.3 is 10.0 Å². The summed E-state index contributed by atoms with van der Waals surface area (Å²) in [5, 5.41) is 13.5. The van der Waals surface area contributed by atoms with Gasteiger partial charge in [-0.05, 0) is 12.5 Å². The Morgan fingerprint density at radius 3 is 2.54 bits per heavy atom. The molecule has 1 atom stereocenters. The first kappa shape index (κ1) is 18.1. The van der Waals surface area contributed by atoms with E-state index in [1.165, 1.54) is 24.1 Å². The Balaban J connectivity index is 1.93. The maximum Gasteiger partial charge on any atom is 0.357 e. The van der Waals surface area contributed by atoms with E-state index in [1.807, 2.05) is 0 Å². The predicted octanol–water partition coefficient (Wildman–Crippen LogP) is -0.260. The molecule has 9 nitrogen and oxygen atoms in total. The summed E-state index contributed by atoms with van der Waals surface area (Å²) in [5.41, 5.74) is -0.898. The number of aromatic nitrogens is 2. The molecule has 26 heavy (non-hydrogen) atoms. The lowest BCUT2D eigenvalue weighted by molar-refractivity contribution is -0.132. The van der Waals surface area contributed by atoms with Crippen LogP contribution in [0, 0.1) is 0 Å². The van der Waals surface area contributed by atoms with Crippen LogP contribution >= 0.6 is 0 Å². The summed E-state index contributed by atoms with van der Waals surface area (Å²) in [5.74, 6) is -1.91. The number of carbonyl (C=O) groups is 2. The zero-order chi connectivity index (χ0) is 19.1. The Hall–Kier alpha value is -2.75. The molecule has 0 radical (unpaired) electrons. The van der Waals surface area contributed by atoms with Gasteiger partial charge in [-0.15, -0.1) is 0 Å². The van der Waals surface area contributed by atoms with Crippen molar-refractivity contribution in [1.29, 1.82) is 0 Å². The van der Waals surface area contributed by atoms with Gasteiger partial charge in [0.15, 0.2) is 15.5 Å². The summed E-state index contributed by atoms with van der Waals surface area (Å²) in [6, 6.07) is 5.69. The van der Waals surface area contributed by atoms with Gasteiger partial charge in [0, 0.05) is 18.5 Å². The summed E-state index contributed by atoms with van der Waals surface area (Å²) in [6.07, 6.45) is 0.338. The normalized spacial score (nSPS) is 18.7. The third-order valence-electron chi connectivity index (χ3n) is 4.50. The Bertz CT molecular complexity index is 1060. The molecule has 0 spiro atoms. The number of benzene rings is 1. The van der Waals surface area contributed by atoms with Gasteiger partial charge in [-0.2, -0.15) is 5.10 Å². The first-order valence-corrected chi connectivity index (χ1v) is 9.71. The third kappa shape index (κ3) is 3.32. The van der Waals surface area contributed by atoms with E-state index in [0.717, 1.165) is 4.68 Å². The fourth-order valence-corrected chi connectivity index (χ4v) is 4.80. The Morgan fingerprint density at radius 1 is 1.31 bits per heavy atom. The molecule has 10 heteroatoms. The largest absolute Gasteiger partial charge is 0.476 e. The summed E-state index contributed by atoms with van der Waals surface area (Å²) >= 11 is 0. The minimum Gasteiger partial charge on any atom is -0.476 e. The van der Waals surface area contributed by atoms with Crippen LogP contribution in [-0.4, -0.2) is 64.7 Å². The molecule has 1 saturated heterocycles. The molecule has 2 heterocycles. The second-order valence-electron chi connectivity index (χ2n) is 6.22. The molecule has 0 saturated carbocycles. The zero-order valence-corrected chi connectivity index (χ0v) is 14.8. The standard InChI is InChI=1S/C16H17N3O6S/c1-18(10-6-7-26(24,25)9-10)13(20)8-19-15(21)12-5-3-2-4-11(12)14(17-19)16(22)23/h2-5,10H,6-9H2,1H3,(H,22,23)/t10-/m0/s1. The third-order valence-corrected chi connectivity index (χ3v) is 6.26. The van der Waals surface area contributed by atoms with Gasteiger partial charge >= 0.3 is 5.97 Å². The molecule has 1 N–H and O–H groups in total. The van der Waals surface area contributed by atoms with E-state index in [2.05, 4.69) is 5.10 Å². The van der Waals surface area contributed by atoms with Gasteiger partial charge in [0.2, 0.25) is 5.91 Å². The number of amides is 1. The molecule has 1 aromatic carbocycles. The smallest absolute Gasteiger partial charge is 0.357 e. The van der Waals surface area contributed by atoms with E-state index in [4.69, 9.17) is 0 Å². The Morgan fingerprint density at radius 2 is 1.96 bits per heavy atom. The molecular weight excluding hydrogens is 362 g/mol. The fourth-order valence-electron chi connectivity index (χ4n) is 3.02. The number of carboxylic acids is 1. The highest BCUT2D eigenvalue weighted by Gasteiger charge is 2.33. The van der Waals surface area contributed by atoms with E-state index < -0.39 is 39.9 Å². The van der Waals surface area contributed by atoms with Crippen molar-refractivity contribution < 1.29 is 23.1 Å². The molecular formula is C16H17N3O6S. The number of aromatic carboxylic acids is 1. The van der Waals surface area contributed by atoms with Gasteiger partial charge in [-0.3, -0.25) is 9.59 Å². The van der Waals surface area contributed by atoms with Crippen LogP contribution in [0.5, 0.6) is 0 Å². The molecule has 0 bridgehead atoms. The number of fused-ring (bicyclic) bond motifs is 1. The van der Waals surface area contributed by atoms with Gasteiger partial charge in [-0.1, -0.05) is 18.2 Å². The number of nitrogens with zero attached hydrogens (tertiary/aromatic N) is 3. The molecule has 1 fully saturated rings. The topological polar surface area (TPSA) is 127 Å². The van der Waals surface area contributed by atoms with Crippen molar-refractivity contribution in [2.45, 2.75) is 19.0 Å². The van der Waals surface area contributed by atoms with Crippen LogP contribution in [0.4, 0.5) is 0 Å². The van der Waals surface area contributed by atoms with Crippen molar-refractivity contribution >= 4 is 32.5 Å². The second kappa shape index (κ2) is 6.52. The Labute approximate surface area is 148 Å². The van der Waals surface area contributed by atoms with Crippen molar-refractivity contribution in [3.8, 4) is 0 Å². The molecule has 0 aliphatic carbocycles. The molecule has 138 valence electrons. The minimum atomic E-state index is -3.16. The summed E-state index contributed by atoms with van der Waals surface area (Å²) < 4.78 is 24.0. The highest BCUT2D eigenvalue weighted by Crippen LogP contribution is 2.17. The van der Waals surface area contributed by atoms with Gasteiger partial charge in [0.1, 0.15) is 6.54 Å². The number of hydrogen-bond acceptors (Lipinski definition) is 6. The van der Waals surface area contributed by atoms with Crippen molar-refractivity contribution in [2.75, 3.05) is 18.6 Å². The molecule has 3 rings (SSSR count). The zero-order valence-electron chi connectivity index (χ0n) is 14.0. The summed E-state index contributed by atoms with van der Waals surface area (Å²) in [4.78, 5) is 37.7. The van der Waals surface area contributed by atoms with Crippen LogP contribution in [0.1, 0.15) is 16.9 Å². The molecule has 2 aromatic rings. The first-order chi connectivity index (χ1) is 12.2. The first-order valence-electron chi connectivity index (χ1n) is 7.89. The fraction of sp³-hybridized carbons (Fsp3) is 0.375. The number of hydrogen-bond donors (Lipinski definition) is 1. The average molecular weight is 379 g/mol. The summed E-state index contributed by atoms with van der Waals surface area (Å²) in [6.45, 7) is -0.461. The van der Waals surface area contributed by atoms with Crippen LogP contribution in [0.15, 0.2) is 29.1 Å². The van der Waals surface area contributed by atoms with Crippen LogP contribution in [0.25, 0.3) is 10.8 Å². The van der Waals surface area contributed by atoms with E-state index in [-0.39, 0.29) is 28.0 Å². The van der Waals surface area contributed by atoms with Crippen molar-refractivity contribution in [3.05, 3.63) is 40.3 Å². The lowest BCUT2D eigenvalue weighted by Gasteiger charge is -2.23. The monoisotopic (exact) mass is 379 g/mol. The highest BCUT2D eigenvalue weighted by molar-refractivity contribution is 7.91.